The van der Waals surface area contributed by atoms with E-state index in [1.807, 2.05) is 0 Å². The fourth-order valence-corrected chi connectivity index (χ4v) is 0.760. The van der Waals surface area contributed by atoms with Crippen LogP contribution in [0.25, 0.3) is 0 Å². The van der Waals surface area contributed by atoms with Crippen molar-refractivity contribution in [2.24, 2.45) is 0 Å². The van der Waals surface area contributed by atoms with E-state index in [4.69, 9.17) is 5.26 Å². The third-order valence-electron chi connectivity index (χ3n) is 1.41. The lowest BCUT2D eigenvalue weighted by Gasteiger charge is -2.13. The molecule has 0 unspecified atom stereocenters. The smallest absolute Gasteiger partial charge is 0.267 e. The highest BCUT2D eigenvalue weighted by molar-refractivity contribution is 5.97. The van der Waals surface area contributed by atoms with Gasteiger partial charge in [0, 0.05) is 20.1 Å². The molecule has 14 heavy (non-hydrogen) atoms. The predicted molar refractivity (Wildman–Crippen MR) is 52.2 cm³/mol. The summed E-state index contributed by atoms with van der Waals surface area (Å²) in [6.07, 6.45) is 0. The number of carbonyl (C=O) groups excluding carboxylic acids is 1. The van der Waals surface area contributed by atoms with Crippen LogP contribution in [-0.4, -0.2) is 36.1 Å². The zero-order valence-electron chi connectivity index (χ0n) is 8.83. The minimum atomic E-state index is -0.561. The summed E-state index contributed by atoms with van der Waals surface area (Å²) >= 11 is 0. The summed E-state index contributed by atoms with van der Waals surface area (Å²) in [5.41, 5.74) is -0.274. The lowest BCUT2D eigenvalue weighted by atomic mass is 10.2. The maximum Gasteiger partial charge on any atom is 0.267 e. The van der Waals surface area contributed by atoms with Crippen LogP contribution in [0.5, 0.6) is 0 Å². The predicted octanol–water partition coefficient (Wildman–Crippen LogP) is 0.366. The Hall–Kier alpha value is -1.70. The van der Waals surface area contributed by atoms with Crippen LogP contribution in [-0.2, 0) is 4.79 Å². The van der Waals surface area contributed by atoms with Gasteiger partial charge in [-0.3, -0.25) is 4.79 Å². The molecule has 0 aliphatic heterocycles. The van der Waals surface area contributed by atoms with E-state index in [0.29, 0.717) is 0 Å². The third-order valence-corrected chi connectivity index (χ3v) is 1.41. The molecule has 0 aliphatic carbocycles. The number of aliphatic hydroxyl groups excluding tert-OH is 1. The van der Waals surface area contributed by atoms with Crippen LogP contribution in [0.4, 0.5) is 0 Å². The normalized spacial score (nSPS) is 11.7. The molecule has 0 saturated carbocycles. The zero-order chi connectivity index (χ0) is 11.3. The Morgan fingerprint density at radius 3 is 2.29 bits per heavy atom. The van der Waals surface area contributed by atoms with E-state index >= 15 is 0 Å². The summed E-state index contributed by atoms with van der Waals surface area (Å²) in [7, 11) is 3.10. The molecular formula is C9H15N3O2. The molecule has 0 aliphatic rings. The molecule has 0 aromatic rings. The number of hydrogen-bond donors (Lipinski definition) is 2. The Bertz CT molecular complexity index is 287. The first kappa shape index (κ1) is 12.3. The molecular weight excluding hydrogens is 182 g/mol. The Morgan fingerprint density at radius 2 is 2.00 bits per heavy atom. The van der Waals surface area contributed by atoms with Crippen LogP contribution in [0.1, 0.15) is 13.8 Å². The Balaban J connectivity index is 4.84. The van der Waals surface area contributed by atoms with E-state index in [1.54, 1.807) is 34.0 Å². The van der Waals surface area contributed by atoms with Crippen LogP contribution < -0.4 is 5.32 Å². The van der Waals surface area contributed by atoms with E-state index in [0.717, 1.165) is 0 Å². The number of hydrogen-bond acceptors (Lipinski definition) is 4. The Labute approximate surface area is 83.6 Å². The van der Waals surface area contributed by atoms with Gasteiger partial charge in [0.05, 0.1) is 0 Å². The van der Waals surface area contributed by atoms with Crippen molar-refractivity contribution >= 4 is 5.91 Å². The van der Waals surface area contributed by atoms with Crippen molar-refractivity contribution in [3.05, 3.63) is 11.5 Å². The monoisotopic (exact) mass is 197 g/mol. The van der Waals surface area contributed by atoms with Crippen LogP contribution >= 0.6 is 0 Å². The van der Waals surface area contributed by atoms with Gasteiger partial charge in [-0.15, -0.1) is 0 Å². The number of amides is 1. The second-order valence-electron chi connectivity index (χ2n) is 3.33. The maximum atomic E-state index is 11.4. The minimum Gasteiger partial charge on any atom is -0.494 e. The van der Waals surface area contributed by atoms with Crippen molar-refractivity contribution in [3.63, 3.8) is 0 Å². The lowest BCUT2D eigenvalue weighted by molar-refractivity contribution is -0.117. The Morgan fingerprint density at radius 1 is 1.50 bits per heavy atom. The van der Waals surface area contributed by atoms with Gasteiger partial charge in [-0.25, -0.2) is 0 Å². The first-order valence-corrected chi connectivity index (χ1v) is 4.21. The lowest BCUT2D eigenvalue weighted by Crippen LogP contribution is -2.32. The summed E-state index contributed by atoms with van der Waals surface area (Å²) in [5.74, 6) is -0.889. The van der Waals surface area contributed by atoms with Gasteiger partial charge in [-0.2, -0.15) is 5.26 Å². The molecule has 0 fully saturated rings. The molecule has 1 amide bonds. The largest absolute Gasteiger partial charge is 0.494 e. The molecule has 5 heteroatoms. The van der Waals surface area contributed by atoms with Crippen molar-refractivity contribution in [1.29, 1.82) is 5.26 Å². The van der Waals surface area contributed by atoms with E-state index in [-0.39, 0.29) is 17.5 Å². The van der Waals surface area contributed by atoms with Gasteiger partial charge >= 0.3 is 0 Å². The van der Waals surface area contributed by atoms with Crippen LogP contribution in [0.15, 0.2) is 11.5 Å². The molecule has 0 bridgehead atoms. The van der Waals surface area contributed by atoms with Crippen molar-refractivity contribution < 1.29 is 9.90 Å². The van der Waals surface area contributed by atoms with Gasteiger partial charge < -0.3 is 15.3 Å². The second kappa shape index (κ2) is 5.12. The van der Waals surface area contributed by atoms with Crippen LogP contribution in [0.2, 0.25) is 0 Å². The molecule has 0 spiro atoms. The summed E-state index contributed by atoms with van der Waals surface area (Å²) in [5, 5.41) is 20.6. The average molecular weight is 197 g/mol. The van der Waals surface area contributed by atoms with Gasteiger partial charge in [0.25, 0.3) is 5.91 Å². The van der Waals surface area contributed by atoms with Crippen LogP contribution in [0, 0.1) is 11.3 Å². The fraction of sp³-hybridized carbons (Fsp3) is 0.556. The van der Waals surface area contributed by atoms with Crippen LogP contribution in [0.3, 0.4) is 0 Å². The quantitative estimate of drug-likeness (QED) is 0.389. The number of carbonyl (C=O) groups is 1. The summed E-state index contributed by atoms with van der Waals surface area (Å²) in [6.45, 7) is 3.55. The summed E-state index contributed by atoms with van der Waals surface area (Å²) in [4.78, 5) is 12.7. The molecule has 78 valence electrons. The number of nitriles is 1. The van der Waals surface area contributed by atoms with E-state index in [2.05, 4.69) is 5.32 Å². The molecule has 0 saturated heterocycles. The number of nitrogens with one attached hydrogen (secondary N) is 1. The zero-order valence-corrected chi connectivity index (χ0v) is 8.83. The molecule has 0 aromatic heterocycles. The maximum absolute atomic E-state index is 11.4. The summed E-state index contributed by atoms with van der Waals surface area (Å²) < 4.78 is 0. The van der Waals surface area contributed by atoms with Crippen molar-refractivity contribution in [2.75, 3.05) is 14.1 Å². The minimum absolute atomic E-state index is 0.0687. The SMILES string of the molecule is CC(C)NC(=O)/C(C#N)=C(\O)N(C)C. The van der Waals surface area contributed by atoms with Gasteiger partial charge in [-0.1, -0.05) is 0 Å². The number of aliphatic hydroxyl groups is 1. The van der Waals surface area contributed by atoms with Gasteiger partial charge in [0.2, 0.25) is 5.88 Å². The molecule has 0 atom stereocenters. The molecule has 2 N–H and O–H groups in total. The van der Waals surface area contributed by atoms with E-state index in [1.165, 1.54) is 4.90 Å². The molecule has 0 radical (unpaired) electrons. The standard InChI is InChI=1S/C9H15N3O2/c1-6(2)11-8(13)7(5-10)9(14)12(3)4/h6,14H,1-4H3,(H,11,13)/b9-7-. The first-order valence-electron chi connectivity index (χ1n) is 4.21. The molecule has 5 nitrogen and oxygen atoms in total. The molecule has 0 rings (SSSR count). The molecule has 0 aromatic carbocycles. The van der Waals surface area contributed by atoms with Crippen molar-refractivity contribution in [2.45, 2.75) is 19.9 Å². The van der Waals surface area contributed by atoms with E-state index < -0.39 is 5.91 Å². The van der Waals surface area contributed by atoms with Gasteiger partial charge in [0.15, 0.2) is 5.57 Å². The van der Waals surface area contributed by atoms with Crippen molar-refractivity contribution in [3.8, 4) is 6.07 Å². The fourth-order valence-electron chi connectivity index (χ4n) is 0.760. The topological polar surface area (TPSA) is 76.4 Å². The highest BCUT2D eigenvalue weighted by Gasteiger charge is 2.16. The van der Waals surface area contributed by atoms with Crippen molar-refractivity contribution in [1.82, 2.24) is 10.2 Å². The van der Waals surface area contributed by atoms with Gasteiger partial charge in [-0.05, 0) is 13.8 Å². The number of rotatable bonds is 3. The Kier molecular flexibility index (Phi) is 4.50. The first-order chi connectivity index (χ1) is 6.40. The highest BCUT2D eigenvalue weighted by Crippen LogP contribution is 2.03. The highest BCUT2D eigenvalue weighted by atomic mass is 16.3. The molecule has 0 heterocycles. The number of nitrogens with zero attached hydrogens (tertiary/aromatic N) is 2. The third kappa shape index (κ3) is 3.35. The summed E-state index contributed by atoms with van der Waals surface area (Å²) in [6, 6.07) is 1.60. The van der Waals surface area contributed by atoms with Gasteiger partial charge in [0.1, 0.15) is 6.07 Å². The van der Waals surface area contributed by atoms with E-state index in [9.17, 15) is 9.90 Å². The second-order valence-corrected chi connectivity index (χ2v) is 3.33. The average Bonchev–Trinajstić information content (AvgIpc) is 2.03.